The minimum absolute atomic E-state index is 0.413. The van der Waals surface area contributed by atoms with E-state index in [0.29, 0.717) is 5.56 Å². The van der Waals surface area contributed by atoms with Crippen LogP contribution in [0.15, 0.2) is 30.3 Å². The molecule has 0 atom stereocenters. The van der Waals surface area contributed by atoms with Crippen LogP contribution in [0.3, 0.4) is 0 Å². The van der Waals surface area contributed by atoms with Crippen LogP contribution in [0, 0.1) is 13.8 Å². The number of fused-ring (bicyclic) bond motifs is 1. The van der Waals surface area contributed by atoms with Crippen molar-refractivity contribution in [1.82, 2.24) is 0 Å². The van der Waals surface area contributed by atoms with E-state index in [2.05, 4.69) is 0 Å². The van der Waals surface area contributed by atoms with Crippen molar-refractivity contribution in [2.45, 2.75) is 13.8 Å². The smallest absolute Gasteiger partial charge is 0.336 e. The van der Waals surface area contributed by atoms with Gasteiger partial charge in [-0.15, -0.1) is 0 Å². The Labute approximate surface area is 88.2 Å². The van der Waals surface area contributed by atoms with Crippen LogP contribution in [0.4, 0.5) is 0 Å². The molecule has 0 unspecified atom stereocenters. The van der Waals surface area contributed by atoms with E-state index in [1.807, 2.05) is 44.2 Å². The molecule has 0 radical (unpaired) electrons. The van der Waals surface area contributed by atoms with Crippen molar-refractivity contribution in [2.24, 2.45) is 0 Å². The highest BCUT2D eigenvalue weighted by atomic mass is 16.4. The zero-order valence-electron chi connectivity index (χ0n) is 8.74. The topological polar surface area (TPSA) is 37.3 Å². The van der Waals surface area contributed by atoms with Crippen LogP contribution in [0.25, 0.3) is 10.8 Å². The number of rotatable bonds is 1. The van der Waals surface area contributed by atoms with Gasteiger partial charge in [-0.25, -0.2) is 4.79 Å². The molecule has 0 aliphatic rings. The van der Waals surface area contributed by atoms with E-state index < -0.39 is 5.97 Å². The molecule has 2 nitrogen and oxygen atoms in total. The second-order valence-electron chi connectivity index (χ2n) is 3.74. The van der Waals surface area contributed by atoms with Gasteiger partial charge in [0.2, 0.25) is 0 Å². The number of hydrogen-bond acceptors (Lipinski definition) is 1. The van der Waals surface area contributed by atoms with Crippen molar-refractivity contribution >= 4 is 16.7 Å². The lowest BCUT2D eigenvalue weighted by atomic mass is 9.96. The molecule has 0 aliphatic carbocycles. The highest BCUT2D eigenvalue weighted by Gasteiger charge is 2.12. The number of carboxylic acids is 1. The zero-order chi connectivity index (χ0) is 11.0. The van der Waals surface area contributed by atoms with E-state index in [4.69, 9.17) is 5.11 Å². The predicted molar refractivity (Wildman–Crippen MR) is 60.4 cm³/mol. The number of carboxylic acid groups (broad SMARTS) is 1. The predicted octanol–water partition coefficient (Wildman–Crippen LogP) is 3.15. The Morgan fingerprint density at radius 3 is 2.27 bits per heavy atom. The van der Waals surface area contributed by atoms with E-state index in [1.54, 1.807) is 0 Å². The molecule has 0 aliphatic heterocycles. The molecule has 0 spiro atoms. The minimum Gasteiger partial charge on any atom is -0.478 e. The second kappa shape index (κ2) is 3.39. The fourth-order valence-electron chi connectivity index (χ4n) is 2.02. The third-order valence-electron chi connectivity index (χ3n) is 2.66. The maximum absolute atomic E-state index is 11.1. The third kappa shape index (κ3) is 1.48. The first-order valence-electron chi connectivity index (χ1n) is 4.83. The highest BCUT2D eigenvalue weighted by molar-refractivity contribution is 6.05. The van der Waals surface area contributed by atoms with Crippen molar-refractivity contribution in [3.8, 4) is 0 Å². The summed E-state index contributed by atoms with van der Waals surface area (Å²) in [4.78, 5) is 11.1. The summed E-state index contributed by atoms with van der Waals surface area (Å²) < 4.78 is 0. The first-order chi connectivity index (χ1) is 7.11. The van der Waals surface area contributed by atoms with E-state index >= 15 is 0 Å². The molecule has 0 fully saturated rings. The summed E-state index contributed by atoms with van der Waals surface area (Å²) in [5.74, 6) is -0.858. The summed E-state index contributed by atoms with van der Waals surface area (Å²) in [6, 6.07) is 9.53. The van der Waals surface area contributed by atoms with Gasteiger partial charge >= 0.3 is 5.97 Å². The molecular weight excluding hydrogens is 188 g/mol. The molecule has 2 rings (SSSR count). The molecule has 1 N–H and O–H groups in total. The lowest BCUT2D eigenvalue weighted by Crippen LogP contribution is -2.01. The van der Waals surface area contributed by atoms with Gasteiger partial charge in [-0.1, -0.05) is 30.3 Å². The maximum atomic E-state index is 11.1. The highest BCUT2D eigenvalue weighted by Crippen LogP contribution is 2.25. The van der Waals surface area contributed by atoms with Gasteiger partial charge in [0.15, 0.2) is 0 Å². The second-order valence-corrected chi connectivity index (χ2v) is 3.74. The van der Waals surface area contributed by atoms with Crippen LogP contribution in [0.5, 0.6) is 0 Å². The van der Waals surface area contributed by atoms with Crippen LogP contribution in [-0.4, -0.2) is 11.1 Å². The Hall–Kier alpha value is -1.83. The molecule has 0 aromatic heterocycles. The number of aromatic carboxylic acids is 1. The Morgan fingerprint density at radius 1 is 1.07 bits per heavy atom. The van der Waals surface area contributed by atoms with Crippen molar-refractivity contribution in [1.29, 1.82) is 0 Å². The lowest BCUT2D eigenvalue weighted by Gasteiger charge is -2.08. The SMILES string of the molecule is Cc1cc(C)c2ccccc2c1C(=O)O. The van der Waals surface area contributed by atoms with Gasteiger partial charge in [-0.2, -0.15) is 0 Å². The molecule has 0 bridgehead atoms. The zero-order valence-corrected chi connectivity index (χ0v) is 8.74. The molecule has 2 heteroatoms. The molecule has 2 aromatic carbocycles. The Balaban J connectivity index is 2.96. The van der Waals surface area contributed by atoms with Crippen LogP contribution >= 0.6 is 0 Å². The normalized spacial score (nSPS) is 10.5. The van der Waals surface area contributed by atoms with E-state index in [9.17, 15) is 4.79 Å². The van der Waals surface area contributed by atoms with Crippen molar-refractivity contribution in [3.05, 3.63) is 47.0 Å². The van der Waals surface area contributed by atoms with E-state index in [-0.39, 0.29) is 0 Å². The van der Waals surface area contributed by atoms with Gasteiger partial charge in [0, 0.05) is 0 Å². The molecular formula is C13H12O2. The number of aryl methyl sites for hydroxylation is 2. The fraction of sp³-hybridized carbons (Fsp3) is 0.154. The molecule has 76 valence electrons. The molecule has 2 aromatic rings. The van der Waals surface area contributed by atoms with Gasteiger partial charge in [0.1, 0.15) is 0 Å². The molecule has 0 heterocycles. The summed E-state index contributed by atoms with van der Waals surface area (Å²) >= 11 is 0. The van der Waals surface area contributed by atoms with Gasteiger partial charge in [-0.3, -0.25) is 0 Å². The Bertz CT molecular complexity index is 541. The molecule has 15 heavy (non-hydrogen) atoms. The largest absolute Gasteiger partial charge is 0.478 e. The Kier molecular flexibility index (Phi) is 2.19. The van der Waals surface area contributed by atoms with Crippen molar-refractivity contribution < 1.29 is 9.90 Å². The first-order valence-corrected chi connectivity index (χ1v) is 4.83. The van der Waals surface area contributed by atoms with Crippen LogP contribution in [0.2, 0.25) is 0 Å². The van der Waals surface area contributed by atoms with Gasteiger partial charge in [0.25, 0.3) is 0 Å². The maximum Gasteiger partial charge on any atom is 0.336 e. The monoisotopic (exact) mass is 200 g/mol. The first kappa shape index (κ1) is 9.71. The van der Waals surface area contributed by atoms with Crippen LogP contribution < -0.4 is 0 Å². The molecule has 0 saturated heterocycles. The fourth-order valence-corrected chi connectivity index (χ4v) is 2.02. The van der Waals surface area contributed by atoms with Crippen LogP contribution in [-0.2, 0) is 0 Å². The summed E-state index contributed by atoms with van der Waals surface area (Å²) in [6.45, 7) is 3.84. The Morgan fingerprint density at radius 2 is 1.67 bits per heavy atom. The average molecular weight is 200 g/mol. The van der Waals surface area contributed by atoms with Crippen LogP contribution in [0.1, 0.15) is 21.5 Å². The number of carbonyl (C=O) groups is 1. The summed E-state index contributed by atoms with van der Waals surface area (Å²) in [5, 5.41) is 11.0. The number of hydrogen-bond donors (Lipinski definition) is 1. The molecule has 0 amide bonds. The van der Waals surface area contributed by atoms with E-state index in [0.717, 1.165) is 21.9 Å². The van der Waals surface area contributed by atoms with Gasteiger partial charge in [-0.05, 0) is 35.7 Å². The summed E-state index contributed by atoms with van der Waals surface area (Å²) in [5.41, 5.74) is 2.35. The number of benzene rings is 2. The van der Waals surface area contributed by atoms with Crippen molar-refractivity contribution in [2.75, 3.05) is 0 Å². The summed E-state index contributed by atoms with van der Waals surface area (Å²) in [7, 11) is 0. The van der Waals surface area contributed by atoms with Crippen molar-refractivity contribution in [3.63, 3.8) is 0 Å². The van der Waals surface area contributed by atoms with Gasteiger partial charge < -0.3 is 5.11 Å². The average Bonchev–Trinajstić information content (AvgIpc) is 2.17. The standard InChI is InChI=1S/C13H12O2/c1-8-7-9(2)12(13(14)15)11-6-4-3-5-10(8)11/h3-7H,1-2H3,(H,14,15). The van der Waals surface area contributed by atoms with E-state index in [1.165, 1.54) is 0 Å². The molecule has 0 saturated carbocycles. The summed E-state index contributed by atoms with van der Waals surface area (Å²) in [6.07, 6.45) is 0. The minimum atomic E-state index is -0.858. The quantitative estimate of drug-likeness (QED) is 0.767. The third-order valence-corrected chi connectivity index (χ3v) is 2.66. The van der Waals surface area contributed by atoms with Gasteiger partial charge in [0.05, 0.1) is 5.56 Å². The lowest BCUT2D eigenvalue weighted by molar-refractivity contribution is 0.0698.